The molecule has 2 atom stereocenters. The quantitative estimate of drug-likeness (QED) is 0.845. The summed E-state index contributed by atoms with van der Waals surface area (Å²) in [7, 11) is 4.62. The Morgan fingerprint density at radius 1 is 1.20 bits per heavy atom. The van der Waals surface area contributed by atoms with Crippen LogP contribution in [0.15, 0.2) is 12.1 Å². The maximum atomic E-state index is 11.3. The molecule has 0 aromatic heterocycles. The summed E-state index contributed by atoms with van der Waals surface area (Å²) in [5, 5.41) is 12.3. The molecule has 0 spiro atoms. The van der Waals surface area contributed by atoms with Crippen molar-refractivity contribution in [1.29, 1.82) is 0 Å². The fraction of sp³-hybridized carbons (Fsp3) is 0.500. The number of ether oxygens (including phenoxy) is 3. The third-order valence-electron chi connectivity index (χ3n) is 3.62. The van der Waals surface area contributed by atoms with Crippen molar-refractivity contribution in [2.24, 2.45) is 0 Å². The second kappa shape index (κ2) is 6.00. The predicted octanol–water partition coefficient (Wildman–Crippen LogP) is 1.24. The van der Waals surface area contributed by atoms with E-state index >= 15 is 0 Å². The average Bonchev–Trinajstić information content (AvgIpc) is 2.94. The third kappa shape index (κ3) is 2.38. The van der Waals surface area contributed by atoms with Gasteiger partial charge in [0.25, 0.3) is 0 Å². The summed E-state index contributed by atoms with van der Waals surface area (Å²) in [6, 6.07) is 3.00. The fourth-order valence-electron chi connectivity index (χ4n) is 2.71. The minimum atomic E-state index is -0.857. The van der Waals surface area contributed by atoms with Gasteiger partial charge in [0, 0.05) is 11.5 Å². The van der Waals surface area contributed by atoms with Crippen LogP contribution in [0, 0.1) is 0 Å². The number of rotatable bonds is 5. The van der Waals surface area contributed by atoms with E-state index in [1.807, 2.05) is 6.07 Å². The van der Waals surface area contributed by atoms with Gasteiger partial charge < -0.3 is 24.6 Å². The molecule has 1 fully saturated rings. The molecule has 2 N–H and O–H groups in total. The van der Waals surface area contributed by atoms with Gasteiger partial charge in [-0.3, -0.25) is 4.79 Å². The van der Waals surface area contributed by atoms with Gasteiger partial charge in [0.1, 0.15) is 6.04 Å². The van der Waals surface area contributed by atoms with Crippen LogP contribution in [0.1, 0.15) is 17.9 Å². The molecule has 6 nitrogen and oxygen atoms in total. The van der Waals surface area contributed by atoms with Crippen molar-refractivity contribution in [3.63, 3.8) is 0 Å². The van der Waals surface area contributed by atoms with Gasteiger partial charge in [-0.25, -0.2) is 0 Å². The van der Waals surface area contributed by atoms with E-state index in [2.05, 4.69) is 5.32 Å². The topological polar surface area (TPSA) is 77.0 Å². The van der Waals surface area contributed by atoms with E-state index < -0.39 is 12.0 Å². The molecule has 6 heteroatoms. The Hall–Kier alpha value is -1.95. The zero-order valence-electron chi connectivity index (χ0n) is 11.8. The van der Waals surface area contributed by atoms with Crippen LogP contribution >= 0.6 is 0 Å². The molecule has 1 aliphatic rings. The number of carboxylic acids is 1. The number of hydrogen-bond donors (Lipinski definition) is 2. The van der Waals surface area contributed by atoms with Crippen molar-refractivity contribution in [3.05, 3.63) is 17.7 Å². The maximum absolute atomic E-state index is 11.3. The number of aliphatic carboxylic acids is 1. The second-order valence-electron chi connectivity index (χ2n) is 4.59. The lowest BCUT2D eigenvalue weighted by atomic mass is 9.90. The second-order valence-corrected chi connectivity index (χ2v) is 4.59. The molecule has 0 bridgehead atoms. The van der Waals surface area contributed by atoms with Crippen molar-refractivity contribution in [3.8, 4) is 17.2 Å². The molecule has 1 saturated heterocycles. The number of carboxylic acid groups (broad SMARTS) is 1. The lowest BCUT2D eigenvalue weighted by Crippen LogP contribution is -2.34. The van der Waals surface area contributed by atoms with Crippen molar-refractivity contribution >= 4 is 5.97 Å². The minimum absolute atomic E-state index is 0.151. The van der Waals surface area contributed by atoms with E-state index in [4.69, 9.17) is 14.2 Å². The van der Waals surface area contributed by atoms with Gasteiger partial charge >= 0.3 is 5.97 Å². The molecule has 1 aromatic carbocycles. The minimum Gasteiger partial charge on any atom is -0.493 e. The molecule has 1 aliphatic heterocycles. The molecule has 0 radical (unpaired) electrons. The fourth-order valence-corrected chi connectivity index (χ4v) is 2.71. The van der Waals surface area contributed by atoms with Crippen LogP contribution in [0.5, 0.6) is 17.2 Å². The standard InChI is InChI=1S/C14H19NO5/c1-18-10-5-4-9(12(19-2)13(10)20-3)8-6-7-15-11(8)14(16)17/h4-5,8,11,15H,6-7H2,1-3H3,(H,16,17). The average molecular weight is 281 g/mol. The van der Waals surface area contributed by atoms with Crippen LogP contribution in [0.2, 0.25) is 0 Å². The number of nitrogens with one attached hydrogen (secondary N) is 1. The maximum Gasteiger partial charge on any atom is 0.321 e. The van der Waals surface area contributed by atoms with Crippen LogP contribution in [-0.2, 0) is 4.79 Å². The van der Waals surface area contributed by atoms with Gasteiger partial charge in [-0.2, -0.15) is 0 Å². The highest BCUT2D eigenvalue weighted by Gasteiger charge is 2.36. The molecule has 2 rings (SSSR count). The van der Waals surface area contributed by atoms with E-state index in [1.54, 1.807) is 20.3 Å². The molecular weight excluding hydrogens is 262 g/mol. The molecule has 1 heterocycles. The van der Waals surface area contributed by atoms with E-state index in [0.717, 1.165) is 12.0 Å². The predicted molar refractivity (Wildman–Crippen MR) is 72.9 cm³/mol. The van der Waals surface area contributed by atoms with Gasteiger partial charge in [0.2, 0.25) is 5.75 Å². The number of methoxy groups -OCH3 is 3. The first-order chi connectivity index (χ1) is 9.63. The van der Waals surface area contributed by atoms with Crippen molar-refractivity contribution in [2.75, 3.05) is 27.9 Å². The first-order valence-electron chi connectivity index (χ1n) is 6.39. The Labute approximate surface area is 117 Å². The molecule has 20 heavy (non-hydrogen) atoms. The Kier molecular flexibility index (Phi) is 4.34. The Balaban J connectivity index is 2.48. The first kappa shape index (κ1) is 14.5. The lowest BCUT2D eigenvalue weighted by Gasteiger charge is -2.21. The smallest absolute Gasteiger partial charge is 0.321 e. The van der Waals surface area contributed by atoms with E-state index in [1.165, 1.54) is 7.11 Å². The monoisotopic (exact) mass is 281 g/mol. The van der Waals surface area contributed by atoms with Gasteiger partial charge in [-0.05, 0) is 19.0 Å². The van der Waals surface area contributed by atoms with Gasteiger partial charge in [-0.1, -0.05) is 6.07 Å². The van der Waals surface area contributed by atoms with Gasteiger partial charge in [-0.15, -0.1) is 0 Å². The summed E-state index contributed by atoms with van der Waals surface area (Å²) in [6.07, 6.45) is 0.739. The normalized spacial score (nSPS) is 21.6. The van der Waals surface area contributed by atoms with Crippen molar-refractivity contribution < 1.29 is 24.1 Å². The molecule has 0 saturated carbocycles. The van der Waals surface area contributed by atoms with E-state index in [0.29, 0.717) is 23.8 Å². The number of carbonyl (C=O) groups is 1. The lowest BCUT2D eigenvalue weighted by molar-refractivity contribution is -0.139. The first-order valence-corrected chi connectivity index (χ1v) is 6.39. The van der Waals surface area contributed by atoms with Crippen LogP contribution in [-0.4, -0.2) is 45.0 Å². The highest BCUT2D eigenvalue weighted by atomic mass is 16.5. The molecule has 110 valence electrons. The highest BCUT2D eigenvalue weighted by molar-refractivity contribution is 5.76. The Bertz CT molecular complexity index is 503. The summed E-state index contributed by atoms with van der Waals surface area (Å²) >= 11 is 0. The van der Waals surface area contributed by atoms with Gasteiger partial charge in [0.15, 0.2) is 11.5 Å². The zero-order valence-corrected chi connectivity index (χ0v) is 11.8. The summed E-state index contributed by atoms with van der Waals surface area (Å²) in [5.74, 6) is 0.577. The number of hydrogen-bond acceptors (Lipinski definition) is 5. The SMILES string of the molecule is COc1ccc(C2CCNC2C(=O)O)c(OC)c1OC. The Morgan fingerprint density at radius 3 is 2.45 bits per heavy atom. The number of benzene rings is 1. The van der Waals surface area contributed by atoms with Crippen LogP contribution in [0.3, 0.4) is 0 Å². The molecule has 1 aromatic rings. The third-order valence-corrected chi connectivity index (χ3v) is 3.62. The van der Waals surface area contributed by atoms with Gasteiger partial charge in [0.05, 0.1) is 21.3 Å². The highest BCUT2D eigenvalue weighted by Crippen LogP contribution is 2.44. The van der Waals surface area contributed by atoms with Crippen molar-refractivity contribution in [2.45, 2.75) is 18.4 Å². The van der Waals surface area contributed by atoms with Crippen LogP contribution < -0.4 is 19.5 Å². The summed E-state index contributed by atoms with van der Waals surface area (Å²) in [4.78, 5) is 11.3. The summed E-state index contributed by atoms with van der Waals surface area (Å²) < 4.78 is 16.0. The largest absolute Gasteiger partial charge is 0.493 e. The molecular formula is C14H19NO5. The zero-order chi connectivity index (χ0) is 14.7. The summed E-state index contributed by atoms with van der Waals surface area (Å²) in [5.41, 5.74) is 0.822. The van der Waals surface area contributed by atoms with E-state index in [-0.39, 0.29) is 5.92 Å². The summed E-state index contributed by atoms with van der Waals surface area (Å²) in [6.45, 7) is 0.666. The van der Waals surface area contributed by atoms with Crippen LogP contribution in [0.4, 0.5) is 0 Å². The van der Waals surface area contributed by atoms with Crippen molar-refractivity contribution in [1.82, 2.24) is 5.32 Å². The Morgan fingerprint density at radius 2 is 1.90 bits per heavy atom. The van der Waals surface area contributed by atoms with Crippen LogP contribution in [0.25, 0.3) is 0 Å². The van der Waals surface area contributed by atoms with E-state index in [9.17, 15) is 9.90 Å². The molecule has 0 amide bonds. The molecule has 2 unspecified atom stereocenters. The molecule has 0 aliphatic carbocycles.